The number of benzene rings is 1. The molecule has 0 saturated heterocycles. The van der Waals surface area contributed by atoms with Gasteiger partial charge in [-0.3, -0.25) is 4.79 Å². The normalized spacial score (nSPS) is 10.4. The summed E-state index contributed by atoms with van der Waals surface area (Å²) in [6.07, 6.45) is 1.80. The van der Waals surface area contributed by atoms with Crippen molar-refractivity contribution >= 4 is 27.7 Å². The third-order valence-corrected chi connectivity index (χ3v) is 3.29. The largest absolute Gasteiger partial charge is 0.477 e. The van der Waals surface area contributed by atoms with E-state index in [0.717, 1.165) is 10.0 Å². The summed E-state index contributed by atoms with van der Waals surface area (Å²) in [6.45, 7) is 0. The molecule has 98 valence electrons. The van der Waals surface area contributed by atoms with E-state index < -0.39 is 5.97 Å². The SMILES string of the molecule is Cn1cc(C(=O)Cc2cccc(Br)c2)cc1C(=O)O. The average Bonchev–Trinajstić information content (AvgIpc) is 2.71. The van der Waals surface area contributed by atoms with E-state index in [-0.39, 0.29) is 17.9 Å². The van der Waals surface area contributed by atoms with Crippen LogP contribution in [-0.2, 0) is 13.5 Å². The Morgan fingerprint density at radius 3 is 2.63 bits per heavy atom. The second kappa shape index (κ2) is 5.40. The molecule has 2 rings (SSSR count). The summed E-state index contributed by atoms with van der Waals surface area (Å²) in [5.74, 6) is -1.13. The third kappa shape index (κ3) is 3.12. The molecule has 0 aliphatic rings. The molecule has 2 aromatic rings. The molecule has 0 aliphatic heterocycles. The highest BCUT2D eigenvalue weighted by atomic mass is 79.9. The lowest BCUT2D eigenvalue weighted by molar-refractivity contribution is 0.0686. The van der Waals surface area contributed by atoms with E-state index in [2.05, 4.69) is 15.9 Å². The van der Waals surface area contributed by atoms with Crippen LogP contribution in [0.2, 0.25) is 0 Å². The van der Waals surface area contributed by atoms with Gasteiger partial charge in [-0.05, 0) is 23.8 Å². The van der Waals surface area contributed by atoms with Gasteiger partial charge in [0.1, 0.15) is 5.69 Å². The Bertz CT molecular complexity index is 646. The van der Waals surface area contributed by atoms with Crippen molar-refractivity contribution in [3.63, 3.8) is 0 Å². The Labute approximate surface area is 118 Å². The van der Waals surface area contributed by atoms with E-state index in [1.807, 2.05) is 24.3 Å². The topological polar surface area (TPSA) is 59.3 Å². The van der Waals surface area contributed by atoms with Gasteiger partial charge in [-0.2, -0.15) is 0 Å². The zero-order valence-corrected chi connectivity index (χ0v) is 11.8. The van der Waals surface area contributed by atoms with E-state index in [0.29, 0.717) is 5.56 Å². The predicted octanol–water partition coefficient (Wildman–Crippen LogP) is 2.91. The molecule has 0 saturated carbocycles. The summed E-state index contributed by atoms with van der Waals surface area (Å²) in [7, 11) is 1.61. The van der Waals surface area contributed by atoms with Crippen LogP contribution in [0.15, 0.2) is 41.0 Å². The number of carbonyl (C=O) groups excluding carboxylic acids is 1. The van der Waals surface area contributed by atoms with E-state index in [4.69, 9.17) is 5.11 Å². The Hall–Kier alpha value is -1.88. The van der Waals surface area contributed by atoms with Crippen molar-refractivity contribution in [1.29, 1.82) is 0 Å². The van der Waals surface area contributed by atoms with Crippen molar-refractivity contribution < 1.29 is 14.7 Å². The number of ketones is 1. The quantitative estimate of drug-likeness (QED) is 0.881. The van der Waals surface area contributed by atoms with Gasteiger partial charge in [0.2, 0.25) is 0 Å². The molecule has 0 radical (unpaired) electrons. The fraction of sp³-hybridized carbons (Fsp3) is 0.143. The molecule has 5 heteroatoms. The van der Waals surface area contributed by atoms with Crippen LogP contribution in [0.3, 0.4) is 0 Å². The number of hydrogen-bond acceptors (Lipinski definition) is 2. The van der Waals surface area contributed by atoms with Crippen molar-refractivity contribution in [1.82, 2.24) is 4.57 Å². The van der Waals surface area contributed by atoms with E-state index in [1.165, 1.54) is 10.6 Å². The number of carboxylic acids is 1. The number of carboxylic acid groups (broad SMARTS) is 1. The molecule has 1 aromatic heterocycles. The van der Waals surface area contributed by atoms with Crippen molar-refractivity contribution in [2.45, 2.75) is 6.42 Å². The smallest absolute Gasteiger partial charge is 0.352 e. The Kier molecular flexibility index (Phi) is 3.85. The lowest BCUT2D eigenvalue weighted by Crippen LogP contribution is -2.02. The highest BCUT2D eigenvalue weighted by Gasteiger charge is 2.15. The molecule has 0 bridgehead atoms. The molecular formula is C14H12BrNO3. The van der Waals surface area contributed by atoms with Gasteiger partial charge in [0.25, 0.3) is 0 Å². The number of hydrogen-bond donors (Lipinski definition) is 1. The first-order valence-electron chi connectivity index (χ1n) is 5.64. The minimum absolute atomic E-state index is 0.0961. The summed E-state index contributed by atoms with van der Waals surface area (Å²) in [5.41, 5.74) is 1.41. The zero-order chi connectivity index (χ0) is 14.0. The molecule has 0 fully saturated rings. The molecule has 4 nitrogen and oxygen atoms in total. The Morgan fingerprint density at radius 2 is 2.05 bits per heavy atom. The number of nitrogens with zero attached hydrogens (tertiary/aromatic N) is 1. The minimum atomic E-state index is -1.04. The zero-order valence-electron chi connectivity index (χ0n) is 10.3. The first kappa shape index (κ1) is 13.5. The fourth-order valence-electron chi connectivity index (χ4n) is 1.86. The van der Waals surface area contributed by atoms with Crippen molar-refractivity contribution in [3.8, 4) is 0 Å². The third-order valence-electron chi connectivity index (χ3n) is 2.80. The van der Waals surface area contributed by atoms with Crippen LogP contribution in [0.1, 0.15) is 26.4 Å². The van der Waals surface area contributed by atoms with Crippen LogP contribution in [0, 0.1) is 0 Å². The van der Waals surface area contributed by atoms with Gasteiger partial charge in [0.15, 0.2) is 5.78 Å². The molecule has 0 spiro atoms. The summed E-state index contributed by atoms with van der Waals surface area (Å²) in [6, 6.07) is 8.89. The van der Waals surface area contributed by atoms with Crippen LogP contribution in [0.25, 0.3) is 0 Å². The number of carbonyl (C=O) groups is 2. The van der Waals surface area contributed by atoms with Crippen LogP contribution in [0.5, 0.6) is 0 Å². The van der Waals surface area contributed by atoms with Crippen molar-refractivity contribution in [3.05, 3.63) is 57.8 Å². The molecule has 1 N–H and O–H groups in total. The van der Waals surface area contributed by atoms with Crippen LogP contribution in [0.4, 0.5) is 0 Å². The molecule has 0 aliphatic carbocycles. The fourth-order valence-corrected chi connectivity index (χ4v) is 2.31. The van der Waals surface area contributed by atoms with E-state index in [9.17, 15) is 9.59 Å². The maximum Gasteiger partial charge on any atom is 0.352 e. The Morgan fingerprint density at radius 1 is 1.32 bits per heavy atom. The number of halogens is 1. The Balaban J connectivity index is 2.21. The van der Waals surface area contributed by atoms with Crippen molar-refractivity contribution in [2.24, 2.45) is 7.05 Å². The van der Waals surface area contributed by atoms with E-state index in [1.54, 1.807) is 13.2 Å². The van der Waals surface area contributed by atoms with Gasteiger partial charge in [-0.25, -0.2) is 4.79 Å². The van der Waals surface area contributed by atoms with Gasteiger partial charge in [0, 0.05) is 29.7 Å². The highest BCUT2D eigenvalue weighted by molar-refractivity contribution is 9.10. The monoisotopic (exact) mass is 321 g/mol. The first-order chi connectivity index (χ1) is 8.97. The van der Waals surface area contributed by atoms with Gasteiger partial charge in [-0.1, -0.05) is 28.1 Å². The molecular weight excluding hydrogens is 310 g/mol. The first-order valence-corrected chi connectivity index (χ1v) is 6.44. The molecule has 0 amide bonds. The number of Topliss-reactive ketones (excluding diaryl/α,β-unsaturated/α-hetero) is 1. The second-order valence-corrected chi connectivity index (χ2v) is 5.18. The standard InChI is InChI=1S/C14H12BrNO3/c1-16-8-10(7-12(16)14(18)19)13(17)6-9-3-2-4-11(15)5-9/h2-5,7-8H,6H2,1H3,(H,18,19). The summed E-state index contributed by atoms with van der Waals surface area (Å²) < 4.78 is 2.35. The lowest BCUT2D eigenvalue weighted by atomic mass is 10.1. The van der Waals surface area contributed by atoms with Gasteiger partial charge >= 0.3 is 5.97 Å². The summed E-state index contributed by atoms with van der Waals surface area (Å²) in [5, 5.41) is 8.95. The number of rotatable bonds is 4. The lowest BCUT2D eigenvalue weighted by Gasteiger charge is -2.00. The maximum atomic E-state index is 12.1. The molecule has 1 heterocycles. The van der Waals surface area contributed by atoms with Gasteiger partial charge in [0.05, 0.1) is 0 Å². The van der Waals surface area contributed by atoms with Crippen LogP contribution in [-0.4, -0.2) is 21.4 Å². The number of aromatic nitrogens is 1. The predicted molar refractivity (Wildman–Crippen MR) is 74.5 cm³/mol. The molecule has 1 aromatic carbocycles. The summed E-state index contributed by atoms with van der Waals surface area (Å²) >= 11 is 3.35. The highest BCUT2D eigenvalue weighted by Crippen LogP contribution is 2.15. The second-order valence-electron chi connectivity index (χ2n) is 4.26. The van der Waals surface area contributed by atoms with Gasteiger partial charge < -0.3 is 9.67 Å². The molecule has 0 unspecified atom stereocenters. The van der Waals surface area contributed by atoms with Crippen LogP contribution >= 0.6 is 15.9 Å². The number of aromatic carboxylic acids is 1. The van der Waals surface area contributed by atoms with Crippen LogP contribution < -0.4 is 0 Å². The van der Waals surface area contributed by atoms with Gasteiger partial charge in [-0.15, -0.1) is 0 Å². The number of aryl methyl sites for hydroxylation is 1. The van der Waals surface area contributed by atoms with E-state index >= 15 is 0 Å². The molecule has 0 atom stereocenters. The minimum Gasteiger partial charge on any atom is -0.477 e. The van der Waals surface area contributed by atoms with Crippen molar-refractivity contribution in [2.75, 3.05) is 0 Å². The average molecular weight is 322 g/mol. The molecule has 19 heavy (non-hydrogen) atoms. The summed E-state index contributed by atoms with van der Waals surface area (Å²) in [4.78, 5) is 23.0. The maximum absolute atomic E-state index is 12.1.